The van der Waals surface area contributed by atoms with Gasteiger partial charge in [0, 0.05) is 36.2 Å². The molecule has 0 spiro atoms. The summed E-state index contributed by atoms with van der Waals surface area (Å²) in [5.74, 6) is -6.53. The van der Waals surface area contributed by atoms with Crippen LogP contribution in [0.15, 0.2) is 72.8 Å². The minimum absolute atomic E-state index is 0.00843. The van der Waals surface area contributed by atoms with E-state index in [0.717, 1.165) is 24.3 Å². The van der Waals surface area contributed by atoms with Gasteiger partial charge in [-0.1, -0.05) is 36.4 Å². The predicted octanol–water partition coefficient (Wildman–Crippen LogP) is 5.43. The molecule has 2 unspecified atom stereocenters. The van der Waals surface area contributed by atoms with Crippen LogP contribution in [-0.2, 0) is 19.1 Å². The van der Waals surface area contributed by atoms with E-state index in [1.165, 1.54) is 48.5 Å². The molecule has 10 heteroatoms. The molecule has 4 rings (SSSR count). The van der Waals surface area contributed by atoms with Gasteiger partial charge >= 0.3 is 11.9 Å². The maximum absolute atomic E-state index is 15.4. The second-order valence-electron chi connectivity index (χ2n) is 9.10. The van der Waals surface area contributed by atoms with Crippen LogP contribution in [0.3, 0.4) is 0 Å². The number of nitrogens with zero attached hydrogens (tertiary/aromatic N) is 1. The van der Waals surface area contributed by atoms with Crippen LogP contribution >= 0.6 is 0 Å². The average Bonchev–Trinajstić information content (AvgIpc) is 2.95. The molecule has 2 atom stereocenters. The van der Waals surface area contributed by atoms with Crippen LogP contribution in [-0.4, -0.2) is 35.9 Å². The molecular formula is C29H26F2N2O6. The number of carbonyl (C=O) groups excluding carboxylic acids is 4. The fourth-order valence-electron chi connectivity index (χ4n) is 4.45. The Labute approximate surface area is 223 Å². The Bertz CT molecular complexity index is 1420. The van der Waals surface area contributed by atoms with Crippen molar-refractivity contribution in [2.24, 2.45) is 0 Å². The average molecular weight is 537 g/mol. The van der Waals surface area contributed by atoms with Crippen molar-refractivity contribution in [3.8, 4) is 0 Å². The molecule has 39 heavy (non-hydrogen) atoms. The minimum atomic E-state index is -3.67. The molecule has 0 bridgehead atoms. The number of ether oxygens (including phenoxy) is 2. The van der Waals surface area contributed by atoms with E-state index in [-0.39, 0.29) is 22.7 Å². The highest BCUT2D eigenvalue weighted by Crippen LogP contribution is 2.47. The molecule has 8 nitrogen and oxygen atoms in total. The lowest BCUT2D eigenvalue weighted by molar-refractivity contribution is -0.181. The summed E-state index contributed by atoms with van der Waals surface area (Å²) in [4.78, 5) is 50.9. The summed E-state index contributed by atoms with van der Waals surface area (Å²) in [6.07, 6.45) is -4.79. The lowest BCUT2D eigenvalue weighted by atomic mass is 10.0. The van der Waals surface area contributed by atoms with Crippen LogP contribution in [0.4, 0.5) is 20.2 Å². The first-order chi connectivity index (χ1) is 18.5. The Morgan fingerprint density at radius 3 is 2.13 bits per heavy atom. The highest BCUT2D eigenvalue weighted by Gasteiger charge is 2.52. The van der Waals surface area contributed by atoms with Gasteiger partial charge in [0.1, 0.15) is 0 Å². The van der Waals surface area contributed by atoms with Crippen LogP contribution in [0.25, 0.3) is 0 Å². The van der Waals surface area contributed by atoms with Crippen molar-refractivity contribution in [2.75, 3.05) is 10.2 Å². The van der Waals surface area contributed by atoms with E-state index in [0.29, 0.717) is 11.3 Å². The Kier molecular flexibility index (Phi) is 7.75. The summed E-state index contributed by atoms with van der Waals surface area (Å²) in [6, 6.07) is 18.7. The molecular weight excluding hydrogens is 510 g/mol. The number of rotatable bonds is 5. The topological polar surface area (TPSA) is 102 Å². The standard InChI is InChI=1S/C29H26F2N2O6/c1-17-8-4-5-9-22(17)27(36)32-21-14-12-20(13-15-21)28(37)33-24-11-7-6-10-23(24)26(39-19(3)35)29(30,31)16-25(33)38-18(2)34/h4-15,25-26H,16H2,1-3H3,(H,32,36). The van der Waals surface area contributed by atoms with Crippen molar-refractivity contribution < 1.29 is 37.4 Å². The lowest BCUT2D eigenvalue weighted by Crippen LogP contribution is -2.45. The Morgan fingerprint density at radius 2 is 1.49 bits per heavy atom. The van der Waals surface area contributed by atoms with Gasteiger partial charge in [-0.05, 0) is 48.9 Å². The van der Waals surface area contributed by atoms with Crippen molar-refractivity contribution in [1.82, 2.24) is 0 Å². The van der Waals surface area contributed by atoms with Gasteiger partial charge in [-0.25, -0.2) is 8.78 Å². The number of nitrogens with one attached hydrogen (secondary N) is 1. The van der Waals surface area contributed by atoms with Gasteiger partial charge in [0.2, 0.25) is 0 Å². The fourth-order valence-corrected chi connectivity index (χ4v) is 4.45. The molecule has 1 N–H and O–H groups in total. The third-order valence-electron chi connectivity index (χ3n) is 6.18. The number of hydrogen-bond acceptors (Lipinski definition) is 6. The molecule has 202 valence electrons. The van der Waals surface area contributed by atoms with Crippen molar-refractivity contribution in [1.29, 1.82) is 0 Å². The highest BCUT2D eigenvalue weighted by atomic mass is 19.3. The summed E-state index contributed by atoms with van der Waals surface area (Å²) in [5, 5.41) is 2.76. The lowest BCUT2D eigenvalue weighted by Gasteiger charge is -2.31. The van der Waals surface area contributed by atoms with Gasteiger partial charge in [0.15, 0.2) is 12.3 Å². The first-order valence-corrected chi connectivity index (χ1v) is 12.1. The Hall–Kier alpha value is -4.60. The summed E-state index contributed by atoms with van der Waals surface area (Å²) < 4.78 is 41.0. The molecule has 1 aliphatic rings. The largest absolute Gasteiger partial charge is 0.451 e. The van der Waals surface area contributed by atoms with E-state index in [2.05, 4.69) is 5.32 Å². The van der Waals surface area contributed by atoms with Crippen LogP contribution in [0.2, 0.25) is 0 Å². The molecule has 0 fully saturated rings. The second-order valence-corrected chi connectivity index (χ2v) is 9.10. The third-order valence-corrected chi connectivity index (χ3v) is 6.18. The van der Waals surface area contributed by atoms with Crippen LogP contribution in [0, 0.1) is 6.92 Å². The summed E-state index contributed by atoms with van der Waals surface area (Å²) in [5.41, 5.74) is 1.68. The predicted molar refractivity (Wildman–Crippen MR) is 138 cm³/mol. The maximum Gasteiger partial charge on any atom is 0.304 e. The van der Waals surface area contributed by atoms with E-state index in [4.69, 9.17) is 9.47 Å². The van der Waals surface area contributed by atoms with E-state index in [1.54, 1.807) is 12.1 Å². The van der Waals surface area contributed by atoms with Crippen molar-refractivity contribution in [3.63, 3.8) is 0 Å². The first-order valence-electron chi connectivity index (χ1n) is 12.1. The first kappa shape index (κ1) is 27.4. The number of fused-ring (bicyclic) bond motifs is 1. The second kappa shape index (κ2) is 11.0. The van der Waals surface area contributed by atoms with Gasteiger partial charge in [0.05, 0.1) is 12.1 Å². The van der Waals surface area contributed by atoms with Gasteiger partial charge in [0.25, 0.3) is 17.7 Å². The monoisotopic (exact) mass is 536 g/mol. The number of hydrogen-bond donors (Lipinski definition) is 1. The molecule has 1 heterocycles. The zero-order valence-corrected chi connectivity index (χ0v) is 21.4. The summed E-state index contributed by atoms with van der Waals surface area (Å²) >= 11 is 0. The number of carbonyl (C=O) groups is 4. The smallest absolute Gasteiger partial charge is 0.304 e. The van der Waals surface area contributed by atoms with Crippen molar-refractivity contribution >= 4 is 35.1 Å². The quantitative estimate of drug-likeness (QED) is 0.437. The zero-order chi connectivity index (χ0) is 28.3. The van der Waals surface area contributed by atoms with E-state index in [1.807, 2.05) is 19.1 Å². The summed E-state index contributed by atoms with van der Waals surface area (Å²) in [7, 11) is 0. The molecule has 0 saturated heterocycles. The van der Waals surface area contributed by atoms with Crippen molar-refractivity contribution in [3.05, 3.63) is 95.1 Å². The van der Waals surface area contributed by atoms with Crippen LogP contribution < -0.4 is 10.2 Å². The Morgan fingerprint density at radius 1 is 0.872 bits per heavy atom. The van der Waals surface area contributed by atoms with E-state index in [9.17, 15) is 19.2 Å². The number of aryl methyl sites for hydroxylation is 1. The van der Waals surface area contributed by atoms with Gasteiger partial charge in [-0.3, -0.25) is 24.1 Å². The molecule has 0 saturated carbocycles. The third kappa shape index (κ3) is 5.95. The van der Waals surface area contributed by atoms with E-state index < -0.39 is 42.5 Å². The van der Waals surface area contributed by atoms with Gasteiger partial charge in [-0.2, -0.15) is 0 Å². The normalized spacial score (nSPS) is 17.8. The molecule has 2 amide bonds. The SMILES string of the molecule is CC(=O)OC1CC(F)(F)C(OC(C)=O)c2ccccc2N1C(=O)c1ccc(NC(=O)c2ccccc2C)cc1. The van der Waals surface area contributed by atoms with Crippen LogP contribution in [0.5, 0.6) is 0 Å². The van der Waals surface area contributed by atoms with Gasteiger partial charge < -0.3 is 14.8 Å². The number of anilines is 2. The van der Waals surface area contributed by atoms with E-state index >= 15 is 8.78 Å². The fraction of sp³-hybridized carbons (Fsp3) is 0.241. The highest BCUT2D eigenvalue weighted by molar-refractivity contribution is 6.08. The molecule has 0 aliphatic carbocycles. The number of benzene rings is 3. The molecule has 0 aromatic heterocycles. The number of amides is 2. The maximum atomic E-state index is 15.4. The molecule has 3 aromatic carbocycles. The number of halogens is 2. The van der Waals surface area contributed by atoms with Gasteiger partial charge in [-0.15, -0.1) is 0 Å². The molecule has 1 aliphatic heterocycles. The Balaban J connectivity index is 1.69. The molecule has 0 radical (unpaired) electrons. The number of para-hydroxylation sites is 1. The zero-order valence-electron chi connectivity index (χ0n) is 21.4. The minimum Gasteiger partial charge on any atom is -0.451 e. The van der Waals surface area contributed by atoms with Crippen LogP contribution in [0.1, 0.15) is 58.2 Å². The molecule has 3 aromatic rings. The summed E-state index contributed by atoms with van der Waals surface area (Å²) in [6.45, 7) is 3.87. The number of esters is 2. The van der Waals surface area contributed by atoms with Crippen molar-refractivity contribution in [2.45, 2.75) is 45.4 Å². The number of alkyl halides is 2.